The lowest BCUT2D eigenvalue weighted by atomic mass is 10.3. The highest BCUT2D eigenvalue weighted by Gasteiger charge is 2.06. The molecule has 0 aliphatic carbocycles. The molecule has 1 heterocycles. The number of ether oxygens (including phenoxy) is 2. The summed E-state index contributed by atoms with van der Waals surface area (Å²) < 4.78 is 12.2. The molecule has 0 aliphatic rings. The van der Waals surface area contributed by atoms with E-state index >= 15 is 0 Å². The van der Waals surface area contributed by atoms with Gasteiger partial charge in [-0.05, 0) is 22.6 Å². The topological polar surface area (TPSA) is 62.1 Å². The number of methoxy groups -OCH3 is 1. The fraction of sp³-hybridized carbons (Fsp3) is 0.250. The summed E-state index contributed by atoms with van der Waals surface area (Å²) in [6.45, 7) is 0.575. The summed E-state index contributed by atoms with van der Waals surface area (Å²) >= 11 is 0. The van der Waals surface area contributed by atoms with Crippen molar-refractivity contribution in [3.8, 4) is 23.8 Å². The molecular weight excluding hydrogens is 232 g/mol. The molecule has 2 rings (SSSR count). The number of hydrogen-bond donors (Lipinski definition) is 0. The molecule has 0 amide bonds. The van der Waals surface area contributed by atoms with Crippen molar-refractivity contribution in [3.05, 3.63) is 30.1 Å². The van der Waals surface area contributed by atoms with E-state index in [1.165, 1.54) is 4.68 Å². The lowest BCUT2D eigenvalue weighted by molar-refractivity contribution is 0.286. The predicted molar refractivity (Wildman–Crippen MR) is 64.0 cm³/mol. The molecule has 0 saturated carbocycles. The number of benzene rings is 1. The zero-order valence-electron chi connectivity index (χ0n) is 9.91. The second-order valence-electron chi connectivity index (χ2n) is 3.42. The van der Waals surface area contributed by atoms with Gasteiger partial charge in [-0.2, -0.15) is 0 Å². The van der Waals surface area contributed by atoms with Crippen LogP contribution in [0, 0.1) is 12.3 Å². The number of aromatic nitrogens is 4. The highest BCUT2D eigenvalue weighted by Crippen LogP contribution is 2.19. The Hall–Kier alpha value is -2.55. The summed E-state index contributed by atoms with van der Waals surface area (Å²) in [4.78, 5) is 0. The first-order valence-corrected chi connectivity index (χ1v) is 5.29. The number of hydrogen-bond acceptors (Lipinski definition) is 5. The van der Waals surface area contributed by atoms with Gasteiger partial charge in [0, 0.05) is 6.07 Å². The summed E-state index contributed by atoms with van der Waals surface area (Å²) in [6, 6.07) is 7.31. The Morgan fingerprint density at radius 2 is 2.22 bits per heavy atom. The van der Waals surface area contributed by atoms with E-state index in [1.807, 2.05) is 18.2 Å². The molecule has 0 spiro atoms. The molecule has 6 heteroatoms. The summed E-state index contributed by atoms with van der Waals surface area (Å²) in [5.74, 6) is 4.47. The van der Waals surface area contributed by atoms with Crippen molar-refractivity contribution < 1.29 is 9.47 Å². The van der Waals surface area contributed by atoms with Gasteiger partial charge < -0.3 is 9.47 Å². The normalized spacial score (nSPS) is 9.78. The maximum Gasteiger partial charge on any atom is 0.190 e. The van der Waals surface area contributed by atoms with Crippen molar-refractivity contribution in [3.63, 3.8) is 0 Å². The van der Waals surface area contributed by atoms with Crippen molar-refractivity contribution in [1.82, 2.24) is 20.2 Å². The van der Waals surface area contributed by atoms with Gasteiger partial charge in [0.05, 0.1) is 7.11 Å². The van der Waals surface area contributed by atoms with Crippen LogP contribution in [0.3, 0.4) is 0 Å². The molecule has 2 aromatic rings. The zero-order valence-corrected chi connectivity index (χ0v) is 9.91. The van der Waals surface area contributed by atoms with Crippen LogP contribution >= 0.6 is 0 Å². The van der Waals surface area contributed by atoms with Gasteiger partial charge in [-0.15, -0.1) is 11.5 Å². The van der Waals surface area contributed by atoms with Gasteiger partial charge in [0.25, 0.3) is 0 Å². The van der Waals surface area contributed by atoms with E-state index < -0.39 is 0 Å². The molecule has 0 atom stereocenters. The third kappa shape index (κ3) is 2.77. The third-order valence-electron chi connectivity index (χ3n) is 2.26. The highest BCUT2D eigenvalue weighted by atomic mass is 16.5. The molecule has 18 heavy (non-hydrogen) atoms. The van der Waals surface area contributed by atoms with Gasteiger partial charge in [0.15, 0.2) is 5.82 Å². The van der Waals surface area contributed by atoms with Gasteiger partial charge in [-0.25, -0.2) is 4.68 Å². The minimum Gasteiger partial charge on any atom is -0.497 e. The average molecular weight is 244 g/mol. The smallest absolute Gasteiger partial charge is 0.190 e. The molecule has 0 bridgehead atoms. The Kier molecular flexibility index (Phi) is 3.76. The van der Waals surface area contributed by atoms with E-state index in [2.05, 4.69) is 21.4 Å². The summed E-state index contributed by atoms with van der Waals surface area (Å²) in [5.41, 5.74) is 0. The van der Waals surface area contributed by atoms with E-state index in [0.717, 1.165) is 5.75 Å². The van der Waals surface area contributed by atoms with Crippen molar-refractivity contribution in [2.75, 3.05) is 7.11 Å². The number of terminal acetylenes is 1. The van der Waals surface area contributed by atoms with Crippen molar-refractivity contribution in [2.45, 2.75) is 13.2 Å². The van der Waals surface area contributed by atoms with E-state index in [-0.39, 0.29) is 6.61 Å². The maximum atomic E-state index is 5.57. The maximum absolute atomic E-state index is 5.57. The van der Waals surface area contributed by atoms with E-state index in [4.69, 9.17) is 15.9 Å². The first kappa shape index (κ1) is 11.9. The molecule has 1 aromatic heterocycles. The van der Waals surface area contributed by atoms with Crippen LogP contribution in [0.15, 0.2) is 24.3 Å². The van der Waals surface area contributed by atoms with Crippen LogP contribution in [0.4, 0.5) is 0 Å². The summed E-state index contributed by atoms with van der Waals surface area (Å²) in [5, 5.41) is 11.2. The van der Waals surface area contributed by atoms with Gasteiger partial charge in [0.2, 0.25) is 0 Å². The van der Waals surface area contributed by atoms with E-state index in [9.17, 15) is 0 Å². The van der Waals surface area contributed by atoms with Crippen molar-refractivity contribution in [2.24, 2.45) is 0 Å². The molecular formula is C12H12N4O2. The van der Waals surface area contributed by atoms with Gasteiger partial charge in [-0.1, -0.05) is 12.0 Å². The second kappa shape index (κ2) is 5.68. The molecule has 0 N–H and O–H groups in total. The van der Waals surface area contributed by atoms with E-state index in [1.54, 1.807) is 13.2 Å². The standard InChI is InChI=1S/C12H12N4O2/c1-3-7-16-12(13-14-15-16)9-18-11-6-4-5-10(8-11)17-2/h1,4-6,8H,7,9H2,2H3. The number of rotatable bonds is 5. The largest absolute Gasteiger partial charge is 0.497 e. The quantitative estimate of drug-likeness (QED) is 0.731. The minimum absolute atomic E-state index is 0.252. The van der Waals surface area contributed by atoms with Crippen LogP contribution in [0.5, 0.6) is 11.5 Å². The SMILES string of the molecule is C#CCn1nnnc1COc1cccc(OC)c1. The Balaban J connectivity index is 2.02. The summed E-state index contributed by atoms with van der Waals surface area (Å²) in [7, 11) is 1.60. The molecule has 1 aromatic carbocycles. The molecule has 0 radical (unpaired) electrons. The second-order valence-corrected chi connectivity index (χ2v) is 3.42. The zero-order chi connectivity index (χ0) is 12.8. The Morgan fingerprint density at radius 1 is 1.39 bits per heavy atom. The Morgan fingerprint density at radius 3 is 3.00 bits per heavy atom. The predicted octanol–water partition coefficient (Wildman–Crippen LogP) is 0.894. The molecule has 0 unspecified atom stereocenters. The Labute approximate surface area is 105 Å². The molecule has 0 fully saturated rings. The van der Waals surface area contributed by atoms with Crippen LogP contribution in [0.2, 0.25) is 0 Å². The van der Waals surface area contributed by atoms with Crippen LogP contribution < -0.4 is 9.47 Å². The molecule has 0 aliphatic heterocycles. The average Bonchev–Trinajstić information content (AvgIpc) is 2.85. The van der Waals surface area contributed by atoms with Crippen molar-refractivity contribution in [1.29, 1.82) is 0 Å². The van der Waals surface area contributed by atoms with Gasteiger partial charge in [-0.3, -0.25) is 0 Å². The monoisotopic (exact) mass is 244 g/mol. The molecule has 6 nitrogen and oxygen atoms in total. The molecule has 92 valence electrons. The molecule has 0 saturated heterocycles. The summed E-state index contributed by atoms with van der Waals surface area (Å²) in [6.07, 6.45) is 5.21. The van der Waals surface area contributed by atoms with Crippen LogP contribution in [-0.4, -0.2) is 27.3 Å². The van der Waals surface area contributed by atoms with Crippen molar-refractivity contribution >= 4 is 0 Å². The lowest BCUT2D eigenvalue weighted by Crippen LogP contribution is -2.08. The van der Waals surface area contributed by atoms with Gasteiger partial charge in [0.1, 0.15) is 24.7 Å². The fourth-order valence-electron chi connectivity index (χ4n) is 1.37. The Bertz CT molecular complexity index is 559. The minimum atomic E-state index is 0.252. The van der Waals surface area contributed by atoms with Gasteiger partial charge >= 0.3 is 0 Å². The van der Waals surface area contributed by atoms with Crippen LogP contribution in [-0.2, 0) is 13.2 Å². The third-order valence-corrected chi connectivity index (χ3v) is 2.26. The number of nitrogens with zero attached hydrogens (tertiary/aromatic N) is 4. The van der Waals surface area contributed by atoms with Crippen LogP contribution in [0.25, 0.3) is 0 Å². The highest BCUT2D eigenvalue weighted by molar-refractivity contribution is 5.32. The van der Waals surface area contributed by atoms with E-state index in [0.29, 0.717) is 18.1 Å². The van der Waals surface area contributed by atoms with Crippen LogP contribution in [0.1, 0.15) is 5.82 Å². The number of tetrazole rings is 1. The fourth-order valence-corrected chi connectivity index (χ4v) is 1.37. The first-order valence-electron chi connectivity index (χ1n) is 5.29. The first-order chi connectivity index (χ1) is 8.83. The lowest BCUT2D eigenvalue weighted by Gasteiger charge is -2.06.